The molecule has 0 atom stereocenters. The summed E-state index contributed by atoms with van der Waals surface area (Å²) < 4.78 is 6.84. The van der Waals surface area contributed by atoms with Gasteiger partial charge in [-0.3, -0.25) is 14.2 Å². The predicted molar refractivity (Wildman–Crippen MR) is 118 cm³/mol. The van der Waals surface area contributed by atoms with Crippen molar-refractivity contribution >= 4 is 33.4 Å². The number of amides is 1. The number of carbonyl (C=O) groups is 1. The number of methoxy groups -OCH3 is 1. The predicted octanol–water partition coefficient (Wildman–Crippen LogP) is 3.73. The molecule has 2 aromatic carbocycles. The number of rotatable bonds is 6. The van der Waals surface area contributed by atoms with Crippen molar-refractivity contribution < 1.29 is 9.53 Å². The van der Waals surface area contributed by atoms with E-state index in [1.807, 2.05) is 48.7 Å². The Bertz CT molecular complexity index is 1260. The molecule has 0 unspecified atom stereocenters. The van der Waals surface area contributed by atoms with Crippen LogP contribution in [-0.2, 0) is 11.2 Å². The summed E-state index contributed by atoms with van der Waals surface area (Å²) in [5.41, 5.74) is 3.07. The molecule has 2 heterocycles. The van der Waals surface area contributed by atoms with E-state index >= 15 is 0 Å². The summed E-state index contributed by atoms with van der Waals surface area (Å²) in [7, 11) is 1.60. The minimum absolute atomic E-state index is 0.141. The smallest absolute Gasteiger partial charge is 0.277 e. The first kappa shape index (κ1) is 19.8. The molecule has 1 N–H and O–H groups in total. The van der Waals surface area contributed by atoms with Crippen LogP contribution in [0.2, 0.25) is 0 Å². The van der Waals surface area contributed by atoms with E-state index in [9.17, 15) is 9.59 Å². The topological polar surface area (TPSA) is 86.1 Å². The molecule has 0 saturated carbocycles. The summed E-state index contributed by atoms with van der Waals surface area (Å²) in [6.45, 7) is 1.87. The van der Waals surface area contributed by atoms with Crippen molar-refractivity contribution in [1.82, 2.24) is 14.5 Å². The number of aromatic nitrogens is 3. The molecule has 0 bridgehead atoms. The Kier molecular flexibility index (Phi) is 5.58. The lowest BCUT2D eigenvalue weighted by Crippen LogP contribution is -2.25. The van der Waals surface area contributed by atoms with Gasteiger partial charge in [0.25, 0.3) is 5.56 Å². The monoisotopic (exact) mass is 420 g/mol. The highest BCUT2D eigenvalue weighted by molar-refractivity contribution is 7.13. The molecule has 0 aliphatic rings. The lowest BCUT2D eigenvalue weighted by molar-refractivity contribution is -0.116. The fourth-order valence-corrected chi connectivity index (χ4v) is 3.86. The third kappa shape index (κ3) is 4.08. The molecule has 152 valence electrons. The Morgan fingerprint density at radius 3 is 2.60 bits per heavy atom. The van der Waals surface area contributed by atoms with Crippen LogP contribution in [0.1, 0.15) is 17.8 Å². The van der Waals surface area contributed by atoms with Gasteiger partial charge in [-0.05, 0) is 43.3 Å². The van der Waals surface area contributed by atoms with Crippen LogP contribution in [-0.4, -0.2) is 27.6 Å². The van der Waals surface area contributed by atoms with Gasteiger partial charge in [-0.2, -0.15) is 0 Å². The second-order valence-electron chi connectivity index (χ2n) is 6.73. The molecule has 2 aromatic heterocycles. The largest absolute Gasteiger partial charge is 0.497 e. The maximum absolute atomic E-state index is 13.2. The van der Waals surface area contributed by atoms with E-state index in [4.69, 9.17) is 4.74 Å². The quantitative estimate of drug-likeness (QED) is 0.514. The standard InChI is InChI=1S/C22H20N4O3S/c1-14-13-30-22(23-14)25-20(27)12-11-18-21(28)26(15-7-9-16(29-2)10-8-15)19-6-4-3-5-17(19)24-18/h3-10,13H,11-12H2,1-2H3,(H,23,25,27). The highest BCUT2D eigenvalue weighted by Gasteiger charge is 2.14. The number of hydrogen-bond donors (Lipinski definition) is 1. The second kappa shape index (κ2) is 8.46. The van der Waals surface area contributed by atoms with Gasteiger partial charge >= 0.3 is 0 Å². The van der Waals surface area contributed by atoms with E-state index < -0.39 is 0 Å². The first-order valence-electron chi connectivity index (χ1n) is 9.42. The van der Waals surface area contributed by atoms with Crippen molar-refractivity contribution in [3.05, 3.63) is 75.7 Å². The van der Waals surface area contributed by atoms with E-state index in [0.29, 0.717) is 33.3 Å². The van der Waals surface area contributed by atoms with Crippen molar-refractivity contribution in [1.29, 1.82) is 0 Å². The lowest BCUT2D eigenvalue weighted by atomic mass is 10.2. The van der Waals surface area contributed by atoms with Crippen molar-refractivity contribution in [2.75, 3.05) is 12.4 Å². The Labute approximate surface area is 177 Å². The molecule has 8 heteroatoms. The van der Waals surface area contributed by atoms with Crippen LogP contribution >= 0.6 is 11.3 Å². The number of hydrogen-bond acceptors (Lipinski definition) is 6. The van der Waals surface area contributed by atoms with Gasteiger partial charge in [0, 0.05) is 23.9 Å². The van der Waals surface area contributed by atoms with Gasteiger partial charge in [-0.25, -0.2) is 9.97 Å². The van der Waals surface area contributed by atoms with E-state index in [2.05, 4.69) is 15.3 Å². The number of thiazole rings is 1. The SMILES string of the molecule is COc1ccc(-n2c(=O)c(CCC(=O)Nc3nc(C)cs3)nc3ccccc32)cc1. The van der Waals surface area contributed by atoms with Crippen molar-refractivity contribution in [3.8, 4) is 11.4 Å². The van der Waals surface area contributed by atoms with E-state index in [1.54, 1.807) is 23.8 Å². The average Bonchev–Trinajstić information content (AvgIpc) is 3.17. The third-order valence-electron chi connectivity index (χ3n) is 4.61. The van der Waals surface area contributed by atoms with Gasteiger partial charge in [-0.15, -0.1) is 11.3 Å². The summed E-state index contributed by atoms with van der Waals surface area (Å²) in [5.74, 6) is 0.509. The molecular weight excluding hydrogens is 400 g/mol. The molecular formula is C22H20N4O3S. The molecule has 0 fully saturated rings. The zero-order valence-electron chi connectivity index (χ0n) is 16.6. The molecule has 1 amide bonds. The number of para-hydroxylation sites is 2. The molecule has 0 saturated heterocycles. The zero-order chi connectivity index (χ0) is 21.1. The zero-order valence-corrected chi connectivity index (χ0v) is 17.4. The van der Waals surface area contributed by atoms with Gasteiger partial charge < -0.3 is 10.1 Å². The fourth-order valence-electron chi connectivity index (χ4n) is 3.16. The molecule has 0 aliphatic heterocycles. The molecule has 7 nitrogen and oxygen atoms in total. The number of anilines is 1. The lowest BCUT2D eigenvalue weighted by Gasteiger charge is -2.13. The van der Waals surface area contributed by atoms with Crippen LogP contribution in [0, 0.1) is 6.92 Å². The maximum Gasteiger partial charge on any atom is 0.277 e. The fraction of sp³-hybridized carbons (Fsp3) is 0.182. The van der Waals surface area contributed by atoms with E-state index in [0.717, 1.165) is 5.69 Å². The maximum atomic E-state index is 13.2. The van der Waals surface area contributed by atoms with Crippen molar-refractivity contribution in [2.24, 2.45) is 0 Å². The van der Waals surface area contributed by atoms with Gasteiger partial charge in [0.2, 0.25) is 5.91 Å². The van der Waals surface area contributed by atoms with Gasteiger partial charge in [0.05, 0.1) is 23.8 Å². The average molecular weight is 420 g/mol. The number of fused-ring (bicyclic) bond motifs is 1. The van der Waals surface area contributed by atoms with Gasteiger partial charge in [0.1, 0.15) is 11.4 Å². The van der Waals surface area contributed by atoms with E-state index in [1.165, 1.54) is 11.3 Å². The molecule has 0 spiro atoms. The number of ether oxygens (including phenoxy) is 1. The Balaban J connectivity index is 1.65. The number of carbonyl (C=O) groups excluding carboxylic acids is 1. The Morgan fingerprint density at radius 2 is 1.90 bits per heavy atom. The summed E-state index contributed by atoms with van der Waals surface area (Å²) >= 11 is 1.37. The molecule has 4 aromatic rings. The minimum Gasteiger partial charge on any atom is -0.497 e. The number of benzene rings is 2. The first-order valence-corrected chi connectivity index (χ1v) is 10.3. The van der Waals surface area contributed by atoms with Crippen LogP contribution < -0.4 is 15.6 Å². The van der Waals surface area contributed by atoms with Gasteiger partial charge in [-0.1, -0.05) is 12.1 Å². The minimum atomic E-state index is -0.239. The van der Waals surface area contributed by atoms with Crippen LogP contribution in [0.5, 0.6) is 5.75 Å². The van der Waals surface area contributed by atoms with Crippen LogP contribution in [0.15, 0.2) is 58.7 Å². The summed E-state index contributed by atoms with van der Waals surface area (Å²) in [5, 5.41) is 5.19. The van der Waals surface area contributed by atoms with Gasteiger partial charge in [0.15, 0.2) is 5.13 Å². The summed E-state index contributed by atoms with van der Waals surface area (Å²) in [6.07, 6.45) is 0.373. The van der Waals surface area contributed by atoms with Crippen molar-refractivity contribution in [2.45, 2.75) is 19.8 Å². The van der Waals surface area contributed by atoms with Crippen LogP contribution in [0.25, 0.3) is 16.7 Å². The van der Waals surface area contributed by atoms with Crippen LogP contribution in [0.3, 0.4) is 0 Å². The highest BCUT2D eigenvalue weighted by atomic mass is 32.1. The molecule has 30 heavy (non-hydrogen) atoms. The first-order chi connectivity index (χ1) is 14.5. The van der Waals surface area contributed by atoms with E-state index in [-0.39, 0.29) is 24.3 Å². The molecule has 4 rings (SSSR count). The number of nitrogens with one attached hydrogen (secondary N) is 1. The summed E-state index contributed by atoms with van der Waals surface area (Å²) in [4.78, 5) is 34.3. The summed E-state index contributed by atoms with van der Waals surface area (Å²) in [6, 6.07) is 14.7. The second-order valence-corrected chi connectivity index (χ2v) is 7.59. The number of aryl methyl sites for hydroxylation is 2. The van der Waals surface area contributed by atoms with Crippen molar-refractivity contribution in [3.63, 3.8) is 0 Å². The highest BCUT2D eigenvalue weighted by Crippen LogP contribution is 2.19. The molecule has 0 aliphatic carbocycles. The van der Waals surface area contributed by atoms with Crippen LogP contribution in [0.4, 0.5) is 5.13 Å². The Morgan fingerprint density at radius 1 is 1.13 bits per heavy atom. The normalized spacial score (nSPS) is 10.9. The Hall–Kier alpha value is -3.52. The number of nitrogens with zero attached hydrogens (tertiary/aromatic N) is 3. The third-order valence-corrected chi connectivity index (χ3v) is 5.49. The molecule has 0 radical (unpaired) electrons.